The molecule has 2 N–H and O–H groups in total. The van der Waals surface area contributed by atoms with Gasteiger partial charge in [-0.3, -0.25) is 9.59 Å². The van der Waals surface area contributed by atoms with Gasteiger partial charge in [0.05, 0.1) is 18.4 Å². The van der Waals surface area contributed by atoms with E-state index in [0.29, 0.717) is 19.3 Å². The molecule has 5 nitrogen and oxygen atoms in total. The molecule has 0 rings (SSSR count). The summed E-state index contributed by atoms with van der Waals surface area (Å²) in [5, 5.41) is 17.6. The van der Waals surface area contributed by atoms with Gasteiger partial charge in [0.1, 0.15) is 6.61 Å². The first-order valence-electron chi connectivity index (χ1n) is 5.58. The van der Waals surface area contributed by atoms with E-state index in [9.17, 15) is 9.59 Å². The molecule has 0 aliphatic carbocycles. The van der Waals surface area contributed by atoms with Gasteiger partial charge >= 0.3 is 11.9 Å². The van der Waals surface area contributed by atoms with Crippen molar-refractivity contribution in [1.82, 2.24) is 0 Å². The predicted molar refractivity (Wildman–Crippen MR) is 57.9 cm³/mol. The maximum absolute atomic E-state index is 11.6. The summed E-state index contributed by atoms with van der Waals surface area (Å²) in [5.41, 5.74) is 0. The van der Waals surface area contributed by atoms with E-state index >= 15 is 0 Å². The standard InChI is InChI=1S/C11H20O5/c1-3-5-9(10(13)14)8(4-2)11(15)16-7-6-12/h8-9,12H,3-7H2,1-2H3,(H,13,14). The van der Waals surface area contributed by atoms with E-state index in [1.165, 1.54) is 0 Å². The molecule has 0 saturated heterocycles. The van der Waals surface area contributed by atoms with Gasteiger partial charge in [-0.05, 0) is 12.8 Å². The number of hydrogen-bond donors (Lipinski definition) is 2. The van der Waals surface area contributed by atoms with Crippen molar-refractivity contribution < 1.29 is 24.5 Å². The molecule has 16 heavy (non-hydrogen) atoms. The van der Waals surface area contributed by atoms with E-state index in [1.54, 1.807) is 6.92 Å². The van der Waals surface area contributed by atoms with Gasteiger partial charge in [0.25, 0.3) is 0 Å². The molecular weight excluding hydrogens is 212 g/mol. The number of carboxylic acids is 1. The minimum atomic E-state index is -0.963. The predicted octanol–water partition coefficient (Wildman–Crippen LogP) is 1.05. The minimum Gasteiger partial charge on any atom is -0.481 e. The molecule has 0 aromatic rings. The zero-order valence-electron chi connectivity index (χ0n) is 9.81. The molecule has 0 aromatic carbocycles. The third kappa shape index (κ3) is 4.61. The summed E-state index contributed by atoms with van der Waals surface area (Å²) in [4.78, 5) is 22.6. The Labute approximate surface area is 95.4 Å². The second-order valence-electron chi connectivity index (χ2n) is 3.64. The first kappa shape index (κ1) is 14.9. The van der Waals surface area contributed by atoms with Crippen molar-refractivity contribution >= 4 is 11.9 Å². The Morgan fingerprint density at radius 2 is 1.88 bits per heavy atom. The molecule has 0 saturated carbocycles. The van der Waals surface area contributed by atoms with E-state index in [-0.39, 0.29) is 13.2 Å². The number of rotatable bonds is 8. The molecule has 0 aliphatic rings. The third-order valence-corrected chi connectivity index (χ3v) is 2.48. The topological polar surface area (TPSA) is 83.8 Å². The van der Waals surface area contributed by atoms with Crippen LogP contribution in [0.3, 0.4) is 0 Å². The van der Waals surface area contributed by atoms with Crippen LogP contribution in [0.1, 0.15) is 33.1 Å². The fraction of sp³-hybridized carbons (Fsp3) is 0.818. The molecule has 5 heteroatoms. The monoisotopic (exact) mass is 232 g/mol. The fourth-order valence-electron chi connectivity index (χ4n) is 1.68. The number of esters is 1. The van der Waals surface area contributed by atoms with Crippen LogP contribution in [0.4, 0.5) is 0 Å². The van der Waals surface area contributed by atoms with Crippen LogP contribution < -0.4 is 0 Å². The molecule has 2 unspecified atom stereocenters. The smallest absolute Gasteiger partial charge is 0.309 e. The summed E-state index contributed by atoms with van der Waals surface area (Å²) < 4.78 is 4.77. The van der Waals surface area contributed by atoms with Gasteiger partial charge in [-0.2, -0.15) is 0 Å². The number of carboxylic acid groups (broad SMARTS) is 1. The van der Waals surface area contributed by atoms with Gasteiger partial charge in [0.2, 0.25) is 0 Å². The van der Waals surface area contributed by atoms with E-state index in [4.69, 9.17) is 14.9 Å². The van der Waals surface area contributed by atoms with Crippen molar-refractivity contribution in [3.8, 4) is 0 Å². The SMILES string of the molecule is CCCC(C(=O)O)C(CC)C(=O)OCCO. The van der Waals surface area contributed by atoms with Gasteiger partial charge < -0.3 is 14.9 Å². The van der Waals surface area contributed by atoms with Crippen molar-refractivity contribution in [2.45, 2.75) is 33.1 Å². The van der Waals surface area contributed by atoms with E-state index in [2.05, 4.69) is 0 Å². The minimum absolute atomic E-state index is 0.0756. The van der Waals surface area contributed by atoms with Crippen LogP contribution in [0.2, 0.25) is 0 Å². The van der Waals surface area contributed by atoms with Crippen molar-refractivity contribution in [1.29, 1.82) is 0 Å². The zero-order chi connectivity index (χ0) is 12.6. The number of hydrogen-bond acceptors (Lipinski definition) is 4. The second-order valence-corrected chi connectivity index (χ2v) is 3.64. The fourth-order valence-corrected chi connectivity index (χ4v) is 1.68. The van der Waals surface area contributed by atoms with Gasteiger partial charge in [-0.1, -0.05) is 20.3 Å². The van der Waals surface area contributed by atoms with Crippen LogP contribution in [-0.4, -0.2) is 35.4 Å². The van der Waals surface area contributed by atoms with Crippen molar-refractivity contribution in [3.63, 3.8) is 0 Å². The summed E-state index contributed by atoms with van der Waals surface area (Å²) >= 11 is 0. The Morgan fingerprint density at radius 1 is 1.25 bits per heavy atom. The Hall–Kier alpha value is -1.10. The molecule has 0 bridgehead atoms. The summed E-state index contributed by atoms with van der Waals surface area (Å²) in [6.45, 7) is 3.32. The average Bonchev–Trinajstić information content (AvgIpc) is 2.25. The Morgan fingerprint density at radius 3 is 2.25 bits per heavy atom. The van der Waals surface area contributed by atoms with Crippen LogP contribution >= 0.6 is 0 Å². The van der Waals surface area contributed by atoms with Gasteiger partial charge in [0, 0.05) is 0 Å². The Bertz CT molecular complexity index is 226. The number of carbonyl (C=O) groups excluding carboxylic acids is 1. The number of carbonyl (C=O) groups is 2. The van der Waals surface area contributed by atoms with Gasteiger partial charge in [-0.25, -0.2) is 0 Å². The number of aliphatic hydroxyl groups excluding tert-OH is 1. The van der Waals surface area contributed by atoms with Crippen molar-refractivity contribution in [3.05, 3.63) is 0 Å². The van der Waals surface area contributed by atoms with Crippen LogP contribution in [0.25, 0.3) is 0 Å². The Kier molecular flexibility index (Phi) is 7.54. The third-order valence-electron chi connectivity index (χ3n) is 2.48. The van der Waals surface area contributed by atoms with Crippen molar-refractivity contribution in [2.24, 2.45) is 11.8 Å². The quantitative estimate of drug-likeness (QED) is 0.611. The maximum atomic E-state index is 11.6. The highest BCUT2D eigenvalue weighted by molar-refractivity contribution is 5.81. The molecular formula is C11H20O5. The summed E-state index contributed by atoms with van der Waals surface area (Å²) in [6, 6.07) is 0. The van der Waals surface area contributed by atoms with Crippen LogP contribution in [0.5, 0.6) is 0 Å². The van der Waals surface area contributed by atoms with E-state index in [1.807, 2.05) is 6.92 Å². The lowest BCUT2D eigenvalue weighted by Gasteiger charge is -2.20. The van der Waals surface area contributed by atoms with Crippen LogP contribution in [-0.2, 0) is 14.3 Å². The highest BCUT2D eigenvalue weighted by Gasteiger charge is 2.32. The molecule has 0 amide bonds. The van der Waals surface area contributed by atoms with Crippen molar-refractivity contribution in [2.75, 3.05) is 13.2 Å². The van der Waals surface area contributed by atoms with Crippen LogP contribution in [0.15, 0.2) is 0 Å². The molecule has 0 heterocycles. The largest absolute Gasteiger partial charge is 0.481 e. The van der Waals surface area contributed by atoms with Crippen LogP contribution in [0, 0.1) is 11.8 Å². The maximum Gasteiger partial charge on any atom is 0.309 e. The lowest BCUT2D eigenvalue weighted by Crippen LogP contribution is -2.31. The van der Waals surface area contributed by atoms with Gasteiger partial charge in [-0.15, -0.1) is 0 Å². The average molecular weight is 232 g/mol. The first-order chi connectivity index (χ1) is 7.58. The first-order valence-corrected chi connectivity index (χ1v) is 5.58. The zero-order valence-corrected chi connectivity index (χ0v) is 9.81. The molecule has 0 radical (unpaired) electrons. The summed E-state index contributed by atoms with van der Waals surface area (Å²) in [5.74, 6) is -2.81. The molecule has 0 aliphatic heterocycles. The normalized spacial score (nSPS) is 14.2. The van der Waals surface area contributed by atoms with Gasteiger partial charge in [0.15, 0.2) is 0 Å². The number of aliphatic carboxylic acids is 1. The molecule has 0 spiro atoms. The molecule has 0 fully saturated rings. The van der Waals surface area contributed by atoms with E-state index in [0.717, 1.165) is 0 Å². The molecule has 2 atom stereocenters. The van der Waals surface area contributed by atoms with E-state index < -0.39 is 23.8 Å². The summed E-state index contributed by atoms with van der Waals surface area (Å²) in [6.07, 6.45) is 1.60. The second kappa shape index (κ2) is 8.10. The summed E-state index contributed by atoms with van der Waals surface area (Å²) in [7, 11) is 0. The lowest BCUT2D eigenvalue weighted by atomic mass is 9.86. The highest BCUT2D eigenvalue weighted by Crippen LogP contribution is 2.22. The number of ether oxygens (including phenoxy) is 1. The highest BCUT2D eigenvalue weighted by atomic mass is 16.5. The molecule has 94 valence electrons. The Balaban J connectivity index is 4.52. The lowest BCUT2D eigenvalue weighted by molar-refractivity contribution is -0.158. The number of aliphatic hydroxyl groups is 1. The molecule has 0 aromatic heterocycles.